The van der Waals surface area contributed by atoms with Gasteiger partial charge in [-0.2, -0.15) is 0 Å². The Morgan fingerprint density at radius 2 is 0.793 bits per heavy atom. The summed E-state index contributed by atoms with van der Waals surface area (Å²) in [5.74, 6) is 4.00. The van der Waals surface area contributed by atoms with Crippen molar-refractivity contribution in [2.24, 2.45) is 23.7 Å². The Bertz CT molecular complexity index is 295. The fraction of sp³-hybridized carbons (Fsp3) is 1.00. The third-order valence-corrected chi connectivity index (χ3v) is 21.5. The van der Waals surface area contributed by atoms with Crippen molar-refractivity contribution in [2.45, 2.75) is 120 Å². The van der Waals surface area contributed by atoms with Gasteiger partial charge in [-0.05, 0) is 0 Å². The molecule has 2 saturated heterocycles. The van der Waals surface area contributed by atoms with Crippen molar-refractivity contribution in [2.75, 3.05) is 0 Å². The second-order valence-electron chi connectivity index (χ2n) is 9.30. The third kappa shape index (κ3) is 16.4. The second-order valence-corrected chi connectivity index (χ2v) is 24.3. The molecule has 0 aromatic rings. The molecule has 0 N–H and O–H groups in total. The van der Waals surface area contributed by atoms with Crippen molar-refractivity contribution < 1.29 is 83.7 Å². The first-order valence-corrected chi connectivity index (χ1v) is 21.5. The first kappa shape index (κ1) is 34.3. The fourth-order valence-electron chi connectivity index (χ4n) is 4.04. The summed E-state index contributed by atoms with van der Waals surface area (Å²) in [7, 11) is 0. The topological polar surface area (TPSA) is 0 Å². The molecule has 2 rings (SSSR count). The van der Waals surface area contributed by atoms with E-state index in [0.29, 0.717) is 0 Å². The quantitative estimate of drug-likeness (QED) is 0.284. The van der Waals surface area contributed by atoms with E-state index >= 15 is 0 Å². The minimum atomic E-state index is -0.496. The summed E-state index contributed by atoms with van der Waals surface area (Å²) < 4.78 is 8.71. The van der Waals surface area contributed by atoms with Crippen molar-refractivity contribution in [1.29, 1.82) is 0 Å². The molecule has 2 fully saturated rings. The molecule has 0 amide bonds. The van der Waals surface area contributed by atoms with Gasteiger partial charge >= 0.3 is 199 Å². The summed E-state index contributed by atoms with van der Waals surface area (Å²) in [4.78, 5) is 0. The Kier molecular flexibility index (Phi) is 25.6. The van der Waals surface area contributed by atoms with Crippen LogP contribution in [0.15, 0.2) is 0 Å². The van der Waals surface area contributed by atoms with E-state index in [2.05, 4.69) is 55.4 Å². The van der Waals surface area contributed by atoms with Gasteiger partial charge in [-0.1, -0.05) is 27.7 Å². The number of hydrogen-bond acceptors (Lipinski definition) is 0. The van der Waals surface area contributed by atoms with Gasteiger partial charge in [-0.3, -0.25) is 0 Å². The summed E-state index contributed by atoms with van der Waals surface area (Å²) in [5.41, 5.74) is 0. The number of hydrogen-bond donors (Lipinski definition) is 0. The van der Waals surface area contributed by atoms with Crippen LogP contribution < -0.4 is 0 Å². The zero-order valence-corrected chi connectivity index (χ0v) is 26.9. The van der Waals surface area contributed by atoms with Gasteiger partial charge in [-0.15, -0.1) is 0 Å². The SMILES string of the molecule is CC.CC.CC(C)C1CCC[XeH](C(C)C)CC1.CC(C)C1CC[XeH](C(C)C)CC1. The normalized spacial score (nSPS) is 29.8. The molecule has 0 bridgehead atoms. The molecule has 0 radical (unpaired) electrons. The van der Waals surface area contributed by atoms with Crippen molar-refractivity contribution >= 4 is 0 Å². The monoisotopic (exact) mass is 650 g/mol. The Balaban J connectivity index is 0. The molecule has 186 valence electrons. The van der Waals surface area contributed by atoms with E-state index < -0.39 is 83.7 Å². The van der Waals surface area contributed by atoms with Crippen LogP contribution >= 0.6 is 0 Å². The van der Waals surface area contributed by atoms with E-state index in [1.54, 1.807) is 29.2 Å². The average Bonchev–Trinajstić information content (AvgIpc) is 2.98. The summed E-state index contributed by atoms with van der Waals surface area (Å²) in [5, 5.41) is 0. The minimum absolute atomic E-state index is 0.446. The standard InChI is InChI=1S/C12H26Xe.C11H24Xe.2C2H6/c1-10(2)12-6-5-8-13(9-7-12)11(3)4;1-9(2)11-5-7-12(8-6-11)10(3)4;2*1-2/h10-13H,5-9H2,1-4H3;9-12H,5-8H2,1-4H3;2*1-2H3. The van der Waals surface area contributed by atoms with Gasteiger partial charge in [0.25, 0.3) is 0 Å². The van der Waals surface area contributed by atoms with E-state index in [4.69, 9.17) is 0 Å². The molecule has 2 aliphatic heterocycles. The van der Waals surface area contributed by atoms with Gasteiger partial charge in [-0.25, -0.2) is 0 Å². The molecule has 2 atom stereocenters. The Morgan fingerprint density at radius 3 is 1.10 bits per heavy atom. The molecule has 0 aliphatic carbocycles. The third-order valence-electron chi connectivity index (χ3n) is 6.24. The van der Waals surface area contributed by atoms with Gasteiger partial charge < -0.3 is 0 Å². The van der Waals surface area contributed by atoms with Gasteiger partial charge in [0.05, 0.1) is 0 Å². The molecule has 2 unspecified atom stereocenters. The second kappa shape index (κ2) is 21.7. The molecule has 0 aromatic carbocycles. The molecule has 2 heterocycles. The molecule has 0 saturated carbocycles. The summed E-state index contributed by atoms with van der Waals surface area (Å²) >= 11 is -0.942. The predicted octanol–water partition coefficient (Wildman–Crippen LogP) is 10.6. The summed E-state index contributed by atoms with van der Waals surface area (Å²) in [6, 6.07) is 0. The number of rotatable bonds is 4. The van der Waals surface area contributed by atoms with Gasteiger partial charge in [0.1, 0.15) is 0 Å². The van der Waals surface area contributed by atoms with E-state index in [1.165, 1.54) is 6.42 Å². The van der Waals surface area contributed by atoms with Crippen LogP contribution in [0.4, 0.5) is 0 Å². The summed E-state index contributed by atoms with van der Waals surface area (Å²) in [6.07, 6.45) is 7.74. The Hall–Kier alpha value is 3.14. The van der Waals surface area contributed by atoms with E-state index in [9.17, 15) is 0 Å². The van der Waals surface area contributed by atoms with Crippen LogP contribution in [0, 0.1) is 107 Å². The van der Waals surface area contributed by atoms with Crippen LogP contribution in [-0.2, 0) is 0 Å². The van der Waals surface area contributed by atoms with Crippen LogP contribution in [0.25, 0.3) is 0 Å². The molecule has 0 spiro atoms. The van der Waals surface area contributed by atoms with Crippen molar-refractivity contribution in [1.82, 2.24) is 0 Å². The molecule has 2 aliphatic rings. The maximum atomic E-state index is 2.46. The Morgan fingerprint density at radius 1 is 0.483 bits per heavy atom. The molecular weight excluding hydrogens is 587 g/mol. The first-order chi connectivity index (χ1) is 13.7. The molecular formula is C27H62Xe2. The van der Waals surface area contributed by atoms with E-state index in [0.717, 1.165) is 24.4 Å². The fourth-order valence-corrected chi connectivity index (χ4v) is 16.3. The van der Waals surface area contributed by atoms with Gasteiger partial charge in [0, 0.05) is 0 Å². The Labute approximate surface area is 222 Å². The van der Waals surface area contributed by atoms with Crippen molar-refractivity contribution in [3.63, 3.8) is 0 Å². The van der Waals surface area contributed by atoms with Crippen molar-refractivity contribution in [3.8, 4) is 0 Å². The van der Waals surface area contributed by atoms with Crippen LogP contribution in [0.5, 0.6) is 0 Å². The average molecular weight is 649 g/mol. The van der Waals surface area contributed by atoms with E-state index in [-0.39, 0.29) is 0 Å². The molecule has 29 heavy (non-hydrogen) atoms. The predicted molar refractivity (Wildman–Crippen MR) is 135 cm³/mol. The van der Waals surface area contributed by atoms with Crippen LogP contribution in [-0.4, -0.2) is 0 Å². The molecule has 2 heteroatoms. The van der Waals surface area contributed by atoms with Crippen LogP contribution in [0.3, 0.4) is 0 Å². The zero-order chi connectivity index (χ0) is 23.0. The molecule has 0 aromatic heterocycles. The van der Waals surface area contributed by atoms with Crippen LogP contribution in [0.2, 0.25) is 4.33 Å². The van der Waals surface area contributed by atoms with Crippen LogP contribution in [0.1, 0.15) is 115 Å². The maximum absolute atomic E-state index is 2.46. The zero-order valence-electron chi connectivity index (χ0n) is 22.6. The molecule has 0 nitrogen and oxygen atoms in total. The van der Waals surface area contributed by atoms with Gasteiger partial charge in [0.15, 0.2) is 0 Å². The summed E-state index contributed by atoms with van der Waals surface area (Å²) in [6.45, 7) is 27.4. The van der Waals surface area contributed by atoms with Crippen molar-refractivity contribution in [3.05, 3.63) is 0 Å². The first-order valence-electron chi connectivity index (χ1n) is 12.9. The van der Waals surface area contributed by atoms with Gasteiger partial charge in [0.2, 0.25) is 0 Å². The van der Waals surface area contributed by atoms with E-state index in [1.807, 2.05) is 27.7 Å².